The smallest absolute Gasteiger partial charge is 0.250 e. The molecule has 3 aromatic rings. The van der Waals surface area contributed by atoms with Crippen LogP contribution in [0.2, 0.25) is 0 Å². The fourth-order valence-electron chi connectivity index (χ4n) is 3.48. The first-order valence-corrected chi connectivity index (χ1v) is 9.99. The second-order valence-electron chi connectivity index (χ2n) is 7.99. The van der Waals surface area contributed by atoms with E-state index in [9.17, 15) is 9.18 Å². The van der Waals surface area contributed by atoms with Gasteiger partial charge in [-0.2, -0.15) is 5.21 Å². The number of aromatic nitrogens is 4. The minimum Gasteiger partial charge on any atom is -0.363 e. The minimum atomic E-state index is -0.592. The lowest BCUT2D eigenvalue weighted by atomic mass is 10.0. The Morgan fingerprint density at radius 3 is 2.43 bits per heavy atom. The van der Waals surface area contributed by atoms with Crippen LogP contribution in [0.5, 0.6) is 0 Å². The summed E-state index contributed by atoms with van der Waals surface area (Å²) in [5.74, 6) is 0.108. The summed E-state index contributed by atoms with van der Waals surface area (Å²) in [7, 11) is 0. The van der Waals surface area contributed by atoms with Gasteiger partial charge in [0.2, 0.25) is 11.7 Å². The van der Waals surface area contributed by atoms with E-state index in [1.54, 1.807) is 12.1 Å². The maximum atomic E-state index is 13.1. The fraction of sp³-hybridized carbons (Fsp3) is 0.364. The molecule has 0 unspecified atom stereocenters. The first-order chi connectivity index (χ1) is 14.5. The van der Waals surface area contributed by atoms with Crippen molar-refractivity contribution in [1.82, 2.24) is 25.9 Å². The standard InChI is InChI=1S/C22H24FN5O2/c1-14(2)19(30-13-15-3-9-18(23)10-4-15)21(29)24-22(11-12-22)17-7-5-16(6-8-17)20-25-27-28-26-20/h3-10,14,19H,11-13H2,1-2H3,(H,24,29)(H,25,26,27,28)/t19-/m1/s1. The Kier molecular flexibility index (Phi) is 5.59. The van der Waals surface area contributed by atoms with Gasteiger partial charge in [-0.25, -0.2) is 4.39 Å². The highest BCUT2D eigenvalue weighted by molar-refractivity contribution is 5.82. The first kappa shape index (κ1) is 20.2. The number of ether oxygens (including phenoxy) is 1. The zero-order chi connectivity index (χ0) is 21.1. The average Bonchev–Trinajstić information content (AvgIpc) is 3.30. The summed E-state index contributed by atoms with van der Waals surface area (Å²) < 4.78 is 19.0. The van der Waals surface area contributed by atoms with Crippen molar-refractivity contribution in [3.05, 3.63) is 65.5 Å². The normalized spacial score (nSPS) is 15.7. The molecule has 0 bridgehead atoms. The minimum absolute atomic E-state index is 0.00173. The van der Waals surface area contributed by atoms with Gasteiger partial charge in [-0.3, -0.25) is 4.79 Å². The van der Waals surface area contributed by atoms with Gasteiger partial charge in [-0.05, 0) is 47.2 Å². The zero-order valence-electron chi connectivity index (χ0n) is 16.9. The van der Waals surface area contributed by atoms with Crippen molar-refractivity contribution in [3.63, 3.8) is 0 Å². The van der Waals surface area contributed by atoms with Crippen LogP contribution >= 0.6 is 0 Å². The average molecular weight is 409 g/mol. The van der Waals surface area contributed by atoms with Crippen LogP contribution in [-0.4, -0.2) is 32.6 Å². The van der Waals surface area contributed by atoms with Crippen molar-refractivity contribution in [2.75, 3.05) is 0 Å². The predicted octanol–water partition coefficient (Wildman–Crippen LogP) is 3.35. The molecule has 2 aromatic carbocycles. The largest absolute Gasteiger partial charge is 0.363 e. The molecule has 1 aromatic heterocycles. The highest BCUT2D eigenvalue weighted by Gasteiger charge is 2.46. The molecule has 156 valence electrons. The molecule has 1 heterocycles. The molecular weight excluding hydrogens is 385 g/mol. The molecular formula is C22H24FN5O2. The number of hydrogen-bond donors (Lipinski definition) is 2. The Labute approximate surface area is 174 Å². The number of carbonyl (C=O) groups is 1. The lowest BCUT2D eigenvalue weighted by molar-refractivity contribution is -0.137. The summed E-state index contributed by atoms with van der Waals surface area (Å²) in [6, 6.07) is 13.9. The van der Waals surface area contributed by atoms with Crippen molar-refractivity contribution in [2.45, 2.75) is 44.9 Å². The second-order valence-corrected chi connectivity index (χ2v) is 7.99. The van der Waals surface area contributed by atoms with E-state index in [0.29, 0.717) is 5.82 Å². The molecule has 0 saturated heterocycles. The van der Waals surface area contributed by atoms with Crippen LogP contribution in [0.3, 0.4) is 0 Å². The summed E-state index contributed by atoms with van der Waals surface area (Å²) >= 11 is 0. The van der Waals surface area contributed by atoms with E-state index in [1.807, 2.05) is 38.1 Å². The summed E-state index contributed by atoms with van der Waals surface area (Å²) in [6.45, 7) is 4.16. The summed E-state index contributed by atoms with van der Waals surface area (Å²) in [4.78, 5) is 13.0. The van der Waals surface area contributed by atoms with Crippen molar-refractivity contribution in [2.24, 2.45) is 5.92 Å². The molecule has 2 N–H and O–H groups in total. The fourth-order valence-corrected chi connectivity index (χ4v) is 3.48. The zero-order valence-corrected chi connectivity index (χ0v) is 16.9. The molecule has 1 saturated carbocycles. The summed E-state index contributed by atoms with van der Waals surface area (Å²) in [5.41, 5.74) is 2.37. The van der Waals surface area contributed by atoms with Crippen LogP contribution in [0, 0.1) is 11.7 Å². The van der Waals surface area contributed by atoms with Gasteiger partial charge in [0.05, 0.1) is 12.1 Å². The van der Waals surface area contributed by atoms with Gasteiger partial charge in [-0.15, -0.1) is 10.2 Å². The third kappa shape index (κ3) is 4.38. The molecule has 30 heavy (non-hydrogen) atoms. The van der Waals surface area contributed by atoms with Crippen LogP contribution < -0.4 is 5.32 Å². The van der Waals surface area contributed by atoms with E-state index < -0.39 is 6.10 Å². The number of aromatic amines is 1. The SMILES string of the molecule is CC(C)[C@@H](OCc1ccc(F)cc1)C(=O)NC1(c2ccc(-c3nn[nH]n3)cc2)CC1. The topological polar surface area (TPSA) is 92.8 Å². The van der Waals surface area contributed by atoms with Gasteiger partial charge in [-0.1, -0.05) is 50.2 Å². The number of carbonyl (C=O) groups excluding carboxylic acids is 1. The van der Waals surface area contributed by atoms with Crippen LogP contribution in [0.4, 0.5) is 4.39 Å². The van der Waals surface area contributed by atoms with Crippen LogP contribution in [0.15, 0.2) is 48.5 Å². The maximum Gasteiger partial charge on any atom is 0.250 e. The lowest BCUT2D eigenvalue weighted by Gasteiger charge is -2.25. The Hall–Kier alpha value is -3.13. The third-order valence-electron chi connectivity index (χ3n) is 5.36. The molecule has 1 aliphatic rings. The van der Waals surface area contributed by atoms with Gasteiger partial charge in [0.15, 0.2) is 0 Å². The molecule has 1 atom stereocenters. The van der Waals surface area contributed by atoms with Gasteiger partial charge in [0.1, 0.15) is 11.9 Å². The van der Waals surface area contributed by atoms with Crippen molar-refractivity contribution >= 4 is 5.91 Å². The monoisotopic (exact) mass is 409 g/mol. The highest BCUT2D eigenvalue weighted by atomic mass is 19.1. The molecule has 0 spiro atoms. The Balaban J connectivity index is 1.42. The Bertz CT molecular complexity index is 983. The predicted molar refractivity (Wildman–Crippen MR) is 108 cm³/mol. The van der Waals surface area contributed by atoms with E-state index in [2.05, 4.69) is 25.9 Å². The van der Waals surface area contributed by atoms with Crippen LogP contribution in [0.25, 0.3) is 11.4 Å². The number of nitrogens with one attached hydrogen (secondary N) is 2. The molecule has 4 rings (SSSR count). The molecule has 7 nitrogen and oxygen atoms in total. The number of tetrazole rings is 1. The van der Waals surface area contributed by atoms with Crippen molar-refractivity contribution in [1.29, 1.82) is 0 Å². The van der Waals surface area contributed by atoms with Gasteiger partial charge in [0.25, 0.3) is 0 Å². The third-order valence-corrected chi connectivity index (χ3v) is 5.36. The van der Waals surface area contributed by atoms with E-state index in [4.69, 9.17) is 4.74 Å². The molecule has 8 heteroatoms. The van der Waals surface area contributed by atoms with E-state index in [0.717, 1.165) is 29.5 Å². The van der Waals surface area contributed by atoms with Crippen molar-refractivity contribution in [3.8, 4) is 11.4 Å². The number of amides is 1. The quantitative estimate of drug-likeness (QED) is 0.595. The van der Waals surface area contributed by atoms with E-state index in [-0.39, 0.29) is 29.8 Å². The first-order valence-electron chi connectivity index (χ1n) is 9.99. The summed E-state index contributed by atoms with van der Waals surface area (Å²) in [5, 5.41) is 17.2. The molecule has 1 amide bonds. The number of H-pyrrole nitrogens is 1. The molecule has 0 aliphatic heterocycles. The van der Waals surface area contributed by atoms with Gasteiger partial charge in [0, 0.05) is 5.56 Å². The van der Waals surface area contributed by atoms with Crippen molar-refractivity contribution < 1.29 is 13.9 Å². The Morgan fingerprint density at radius 2 is 1.87 bits per heavy atom. The van der Waals surface area contributed by atoms with E-state index >= 15 is 0 Å². The number of hydrogen-bond acceptors (Lipinski definition) is 5. The number of rotatable bonds is 8. The highest BCUT2D eigenvalue weighted by Crippen LogP contribution is 2.46. The number of halogens is 1. The van der Waals surface area contributed by atoms with Crippen LogP contribution in [0.1, 0.15) is 37.8 Å². The summed E-state index contributed by atoms with van der Waals surface area (Å²) in [6.07, 6.45) is 1.16. The second kappa shape index (κ2) is 8.31. The van der Waals surface area contributed by atoms with Crippen LogP contribution in [-0.2, 0) is 21.7 Å². The number of benzene rings is 2. The van der Waals surface area contributed by atoms with Gasteiger partial charge >= 0.3 is 0 Å². The Morgan fingerprint density at radius 1 is 1.17 bits per heavy atom. The maximum absolute atomic E-state index is 13.1. The molecule has 1 fully saturated rings. The lowest BCUT2D eigenvalue weighted by Crippen LogP contribution is -2.44. The molecule has 1 aliphatic carbocycles. The molecule has 0 radical (unpaired) electrons. The van der Waals surface area contributed by atoms with Gasteiger partial charge < -0.3 is 10.1 Å². The number of nitrogens with zero attached hydrogens (tertiary/aromatic N) is 3. The van der Waals surface area contributed by atoms with E-state index in [1.165, 1.54) is 12.1 Å².